The summed E-state index contributed by atoms with van der Waals surface area (Å²) in [4.78, 5) is 11.3. The van der Waals surface area contributed by atoms with Gasteiger partial charge in [-0.05, 0) is 18.4 Å². The molecule has 0 amide bonds. The van der Waals surface area contributed by atoms with Gasteiger partial charge >= 0.3 is 0 Å². The predicted molar refractivity (Wildman–Crippen MR) is 82.1 cm³/mol. The zero-order valence-electron chi connectivity index (χ0n) is 12.0. The second-order valence-corrected chi connectivity index (χ2v) is 5.46. The normalized spacial score (nSPS) is 18.5. The molecule has 5 nitrogen and oxygen atoms in total. The summed E-state index contributed by atoms with van der Waals surface area (Å²) >= 11 is 0. The number of nitrogens with zero attached hydrogens (tertiary/aromatic N) is 5. The maximum absolute atomic E-state index is 4.54. The Bertz CT molecular complexity index is 765. The quantitative estimate of drug-likeness (QED) is 0.723. The largest absolute Gasteiger partial charge is 0.349 e. The van der Waals surface area contributed by atoms with Gasteiger partial charge in [0.25, 0.3) is 0 Å². The highest BCUT2D eigenvalue weighted by Crippen LogP contribution is 2.37. The van der Waals surface area contributed by atoms with Crippen LogP contribution in [0.25, 0.3) is 11.0 Å². The van der Waals surface area contributed by atoms with Gasteiger partial charge in [-0.1, -0.05) is 30.3 Å². The van der Waals surface area contributed by atoms with Gasteiger partial charge in [-0.15, -0.1) is 0 Å². The van der Waals surface area contributed by atoms with Gasteiger partial charge in [0.2, 0.25) is 0 Å². The van der Waals surface area contributed by atoms with Gasteiger partial charge in [-0.25, -0.2) is 9.97 Å². The molecule has 0 bridgehead atoms. The molecule has 2 aromatic heterocycles. The SMILES string of the molecule is Cn1ncc2c(N3CCCC3c3ccccc3)ncnc21. The molecule has 5 heteroatoms. The Kier molecular flexibility index (Phi) is 2.84. The van der Waals surface area contributed by atoms with Crippen molar-refractivity contribution in [3.8, 4) is 0 Å². The Morgan fingerprint density at radius 1 is 1.14 bits per heavy atom. The predicted octanol–water partition coefficient (Wildman–Crippen LogP) is 2.70. The lowest BCUT2D eigenvalue weighted by Gasteiger charge is -2.26. The lowest BCUT2D eigenvalue weighted by Crippen LogP contribution is -2.23. The van der Waals surface area contributed by atoms with E-state index in [0.29, 0.717) is 6.04 Å². The minimum absolute atomic E-state index is 0.393. The zero-order chi connectivity index (χ0) is 14.2. The summed E-state index contributed by atoms with van der Waals surface area (Å²) in [6.07, 6.45) is 5.85. The molecule has 0 N–H and O–H groups in total. The molecular formula is C16H17N5. The fourth-order valence-electron chi connectivity index (χ4n) is 3.22. The fourth-order valence-corrected chi connectivity index (χ4v) is 3.22. The highest BCUT2D eigenvalue weighted by atomic mass is 15.3. The summed E-state index contributed by atoms with van der Waals surface area (Å²) in [5.74, 6) is 0.999. The fraction of sp³-hybridized carbons (Fsp3) is 0.312. The summed E-state index contributed by atoms with van der Waals surface area (Å²) in [6, 6.07) is 11.1. The molecule has 1 atom stereocenters. The van der Waals surface area contributed by atoms with Gasteiger partial charge in [0.1, 0.15) is 12.1 Å². The van der Waals surface area contributed by atoms with Crippen LogP contribution in [0.3, 0.4) is 0 Å². The van der Waals surface area contributed by atoms with E-state index in [9.17, 15) is 0 Å². The van der Waals surface area contributed by atoms with Crippen LogP contribution in [-0.4, -0.2) is 26.3 Å². The molecule has 21 heavy (non-hydrogen) atoms. The van der Waals surface area contributed by atoms with Crippen LogP contribution < -0.4 is 4.90 Å². The molecule has 1 saturated heterocycles. The smallest absolute Gasteiger partial charge is 0.163 e. The molecule has 3 heterocycles. The number of aromatic nitrogens is 4. The van der Waals surface area contributed by atoms with E-state index in [2.05, 4.69) is 50.3 Å². The first-order chi connectivity index (χ1) is 10.3. The van der Waals surface area contributed by atoms with Crippen molar-refractivity contribution in [1.82, 2.24) is 19.7 Å². The summed E-state index contributed by atoms with van der Waals surface area (Å²) in [5, 5.41) is 5.34. The van der Waals surface area contributed by atoms with Crippen LogP contribution >= 0.6 is 0 Å². The van der Waals surface area contributed by atoms with E-state index >= 15 is 0 Å². The number of anilines is 1. The second kappa shape index (κ2) is 4.84. The molecule has 4 rings (SSSR count). The van der Waals surface area contributed by atoms with Crippen LogP contribution in [-0.2, 0) is 7.05 Å². The van der Waals surface area contributed by atoms with E-state index in [0.717, 1.165) is 29.8 Å². The number of aryl methyl sites for hydroxylation is 1. The number of hydrogen-bond donors (Lipinski definition) is 0. The maximum atomic E-state index is 4.54. The topological polar surface area (TPSA) is 46.8 Å². The standard InChI is InChI=1S/C16H17N5/c1-20-15-13(10-19-20)16(18-11-17-15)21-9-5-8-14(21)12-6-3-2-4-7-12/h2-4,6-7,10-11,14H,5,8-9H2,1H3. The summed E-state index contributed by atoms with van der Waals surface area (Å²) in [6.45, 7) is 1.03. The molecular weight excluding hydrogens is 262 g/mol. The minimum atomic E-state index is 0.393. The van der Waals surface area contributed by atoms with Crippen LogP contribution in [0.2, 0.25) is 0 Å². The summed E-state index contributed by atoms with van der Waals surface area (Å²) in [7, 11) is 1.91. The van der Waals surface area contributed by atoms with Crippen molar-refractivity contribution >= 4 is 16.9 Å². The van der Waals surface area contributed by atoms with Crippen LogP contribution in [0, 0.1) is 0 Å². The van der Waals surface area contributed by atoms with E-state index in [-0.39, 0.29) is 0 Å². The molecule has 106 valence electrons. The van der Waals surface area contributed by atoms with Crippen molar-refractivity contribution in [2.75, 3.05) is 11.4 Å². The van der Waals surface area contributed by atoms with E-state index < -0.39 is 0 Å². The molecule has 1 aromatic carbocycles. The van der Waals surface area contributed by atoms with E-state index in [1.54, 1.807) is 11.0 Å². The summed E-state index contributed by atoms with van der Waals surface area (Å²) in [5.41, 5.74) is 2.24. The highest BCUT2D eigenvalue weighted by molar-refractivity contribution is 5.87. The van der Waals surface area contributed by atoms with Gasteiger partial charge in [0.05, 0.1) is 17.6 Å². The summed E-state index contributed by atoms with van der Waals surface area (Å²) < 4.78 is 1.80. The van der Waals surface area contributed by atoms with Crippen molar-refractivity contribution in [3.63, 3.8) is 0 Å². The maximum Gasteiger partial charge on any atom is 0.163 e. The lowest BCUT2D eigenvalue weighted by molar-refractivity contribution is 0.713. The average molecular weight is 279 g/mol. The van der Waals surface area contributed by atoms with Crippen LogP contribution in [0.15, 0.2) is 42.9 Å². The van der Waals surface area contributed by atoms with Gasteiger partial charge in [-0.2, -0.15) is 5.10 Å². The van der Waals surface area contributed by atoms with Gasteiger partial charge in [0, 0.05) is 13.6 Å². The van der Waals surface area contributed by atoms with Crippen LogP contribution in [0.4, 0.5) is 5.82 Å². The lowest BCUT2D eigenvalue weighted by atomic mass is 10.0. The Morgan fingerprint density at radius 2 is 2.00 bits per heavy atom. The van der Waals surface area contributed by atoms with Crippen molar-refractivity contribution in [2.24, 2.45) is 7.05 Å². The number of benzene rings is 1. The number of fused-ring (bicyclic) bond motifs is 1. The molecule has 3 aromatic rings. The molecule has 1 unspecified atom stereocenters. The second-order valence-electron chi connectivity index (χ2n) is 5.46. The third-order valence-electron chi connectivity index (χ3n) is 4.22. The van der Waals surface area contributed by atoms with Gasteiger partial charge in [0.15, 0.2) is 5.65 Å². The molecule has 1 fully saturated rings. The third kappa shape index (κ3) is 1.96. The molecule has 0 radical (unpaired) electrons. The Hall–Kier alpha value is -2.43. The Morgan fingerprint density at radius 3 is 2.86 bits per heavy atom. The molecule has 1 aliphatic rings. The van der Waals surface area contributed by atoms with Crippen molar-refractivity contribution in [3.05, 3.63) is 48.4 Å². The Balaban J connectivity index is 1.80. The van der Waals surface area contributed by atoms with Crippen molar-refractivity contribution in [1.29, 1.82) is 0 Å². The molecule has 1 aliphatic heterocycles. The van der Waals surface area contributed by atoms with Crippen LogP contribution in [0.5, 0.6) is 0 Å². The highest BCUT2D eigenvalue weighted by Gasteiger charge is 2.28. The number of hydrogen-bond acceptors (Lipinski definition) is 4. The molecule has 0 spiro atoms. The first-order valence-electron chi connectivity index (χ1n) is 7.29. The van der Waals surface area contributed by atoms with E-state index in [1.165, 1.54) is 12.0 Å². The third-order valence-corrected chi connectivity index (χ3v) is 4.22. The van der Waals surface area contributed by atoms with E-state index in [1.807, 2.05) is 13.2 Å². The zero-order valence-corrected chi connectivity index (χ0v) is 12.0. The van der Waals surface area contributed by atoms with Crippen LogP contribution in [0.1, 0.15) is 24.4 Å². The minimum Gasteiger partial charge on any atom is -0.349 e. The average Bonchev–Trinajstić information content (AvgIpc) is 3.15. The van der Waals surface area contributed by atoms with Gasteiger partial charge < -0.3 is 4.90 Å². The van der Waals surface area contributed by atoms with Gasteiger partial charge in [-0.3, -0.25) is 4.68 Å². The van der Waals surface area contributed by atoms with Crippen molar-refractivity contribution < 1.29 is 0 Å². The molecule has 0 saturated carbocycles. The van der Waals surface area contributed by atoms with E-state index in [4.69, 9.17) is 0 Å². The monoisotopic (exact) mass is 279 g/mol. The Labute approximate surface area is 123 Å². The molecule has 0 aliphatic carbocycles. The van der Waals surface area contributed by atoms with Crippen molar-refractivity contribution in [2.45, 2.75) is 18.9 Å². The first-order valence-corrected chi connectivity index (χ1v) is 7.29. The first kappa shape index (κ1) is 12.3. The number of rotatable bonds is 2.